The molecule has 128 valence electrons. The lowest BCUT2D eigenvalue weighted by Crippen LogP contribution is -2.36. The van der Waals surface area contributed by atoms with Gasteiger partial charge >= 0.3 is 0 Å². The molecule has 0 unspecified atom stereocenters. The van der Waals surface area contributed by atoms with Gasteiger partial charge in [0.15, 0.2) is 0 Å². The number of amides is 2. The van der Waals surface area contributed by atoms with E-state index in [1.54, 1.807) is 30.3 Å². The quantitative estimate of drug-likeness (QED) is 0.535. The Kier molecular flexibility index (Phi) is 7.15. The van der Waals surface area contributed by atoms with Gasteiger partial charge in [-0.1, -0.05) is 60.7 Å². The van der Waals surface area contributed by atoms with Crippen LogP contribution in [0.15, 0.2) is 78.5 Å². The zero-order valence-corrected chi connectivity index (χ0v) is 13.7. The highest BCUT2D eigenvalue weighted by molar-refractivity contribution is 6.03. The normalized spacial score (nSPS) is 11.3. The van der Waals surface area contributed by atoms with E-state index in [-0.39, 0.29) is 24.8 Å². The van der Waals surface area contributed by atoms with Crippen molar-refractivity contribution in [3.8, 4) is 0 Å². The molecule has 25 heavy (non-hydrogen) atoms. The van der Waals surface area contributed by atoms with Crippen LogP contribution in [0.1, 0.15) is 15.9 Å². The van der Waals surface area contributed by atoms with Crippen molar-refractivity contribution < 1.29 is 14.7 Å². The van der Waals surface area contributed by atoms with Crippen molar-refractivity contribution >= 4 is 17.9 Å². The van der Waals surface area contributed by atoms with Crippen molar-refractivity contribution in [3.63, 3.8) is 0 Å². The van der Waals surface area contributed by atoms with Gasteiger partial charge in [0.25, 0.3) is 11.8 Å². The largest absolute Gasteiger partial charge is 0.395 e. The molecule has 2 amide bonds. The van der Waals surface area contributed by atoms with Gasteiger partial charge < -0.3 is 15.7 Å². The number of hydrogen-bond donors (Lipinski definition) is 3. The van der Waals surface area contributed by atoms with E-state index in [0.29, 0.717) is 5.56 Å². The molecule has 0 saturated carbocycles. The summed E-state index contributed by atoms with van der Waals surface area (Å²) < 4.78 is 0. The first-order valence-electron chi connectivity index (χ1n) is 7.89. The van der Waals surface area contributed by atoms with Crippen LogP contribution in [-0.2, 0) is 4.79 Å². The zero-order valence-electron chi connectivity index (χ0n) is 13.7. The molecule has 0 aromatic heterocycles. The minimum Gasteiger partial charge on any atom is -0.395 e. The number of benzene rings is 2. The summed E-state index contributed by atoms with van der Waals surface area (Å²) in [7, 11) is 0. The lowest BCUT2D eigenvalue weighted by Gasteiger charge is -2.09. The molecule has 0 aliphatic rings. The summed E-state index contributed by atoms with van der Waals surface area (Å²) in [5, 5.41) is 14.0. The van der Waals surface area contributed by atoms with Gasteiger partial charge in [-0.05, 0) is 23.8 Å². The van der Waals surface area contributed by atoms with Crippen LogP contribution in [0.3, 0.4) is 0 Å². The number of aliphatic hydroxyl groups is 1. The third-order valence-corrected chi connectivity index (χ3v) is 3.28. The van der Waals surface area contributed by atoms with Gasteiger partial charge in [-0.2, -0.15) is 0 Å². The van der Waals surface area contributed by atoms with Gasteiger partial charge in [-0.15, -0.1) is 0 Å². The Hall–Kier alpha value is -3.18. The minimum atomic E-state index is -0.462. The molecule has 0 heterocycles. The summed E-state index contributed by atoms with van der Waals surface area (Å²) in [5.74, 6) is -0.838. The molecule has 0 radical (unpaired) electrons. The fraction of sp³-hybridized carbons (Fsp3) is 0.100. The monoisotopic (exact) mass is 336 g/mol. The molecule has 2 rings (SSSR count). The van der Waals surface area contributed by atoms with Crippen LogP contribution >= 0.6 is 0 Å². The maximum absolute atomic E-state index is 12.3. The average Bonchev–Trinajstić information content (AvgIpc) is 2.66. The molecule has 0 atom stereocenters. The average molecular weight is 336 g/mol. The van der Waals surface area contributed by atoms with Gasteiger partial charge in [0.1, 0.15) is 5.70 Å². The van der Waals surface area contributed by atoms with Gasteiger partial charge in [-0.3, -0.25) is 9.59 Å². The summed E-state index contributed by atoms with van der Waals surface area (Å²) in [6.07, 6.45) is 5.04. The number of carbonyl (C=O) groups is 2. The molecular formula is C20H20N2O3. The van der Waals surface area contributed by atoms with Gasteiger partial charge in [-0.25, -0.2) is 0 Å². The molecule has 2 aromatic carbocycles. The maximum atomic E-state index is 12.3. The lowest BCUT2D eigenvalue weighted by atomic mass is 10.2. The van der Waals surface area contributed by atoms with Gasteiger partial charge in [0.05, 0.1) is 6.61 Å². The van der Waals surface area contributed by atoms with Crippen LogP contribution in [0.2, 0.25) is 0 Å². The third kappa shape index (κ3) is 6.08. The van der Waals surface area contributed by atoms with E-state index in [2.05, 4.69) is 10.6 Å². The van der Waals surface area contributed by atoms with Gasteiger partial charge in [0.2, 0.25) is 0 Å². The number of nitrogens with one attached hydrogen (secondary N) is 2. The van der Waals surface area contributed by atoms with E-state index in [9.17, 15) is 9.59 Å². The third-order valence-electron chi connectivity index (χ3n) is 3.28. The Balaban J connectivity index is 2.14. The summed E-state index contributed by atoms with van der Waals surface area (Å²) in [6.45, 7) is -0.0642. The van der Waals surface area contributed by atoms with Crippen LogP contribution in [0, 0.1) is 0 Å². The molecule has 0 spiro atoms. The molecule has 5 heteroatoms. The molecule has 3 N–H and O–H groups in total. The lowest BCUT2D eigenvalue weighted by molar-refractivity contribution is -0.117. The second kappa shape index (κ2) is 9.85. The Morgan fingerprint density at radius 3 is 2.24 bits per heavy atom. The number of aliphatic hydroxyl groups excluding tert-OH is 1. The predicted molar refractivity (Wildman–Crippen MR) is 97.6 cm³/mol. The van der Waals surface area contributed by atoms with Gasteiger partial charge in [0, 0.05) is 12.1 Å². The van der Waals surface area contributed by atoms with Crippen molar-refractivity contribution in [2.45, 2.75) is 0 Å². The molecule has 0 bridgehead atoms. The summed E-state index contributed by atoms with van der Waals surface area (Å²) in [4.78, 5) is 24.4. The number of hydrogen-bond acceptors (Lipinski definition) is 3. The minimum absolute atomic E-state index is 0.106. The van der Waals surface area contributed by atoms with Crippen LogP contribution < -0.4 is 10.6 Å². The van der Waals surface area contributed by atoms with Crippen molar-refractivity contribution in [1.82, 2.24) is 10.6 Å². The Labute approximate surface area is 146 Å². The Bertz CT molecular complexity index is 753. The number of rotatable bonds is 7. The molecular weight excluding hydrogens is 316 g/mol. The van der Waals surface area contributed by atoms with Crippen molar-refractivity contribution in [2.24, 2.45) is 0 Å². The first-order valence-corrected chi connectivity index (χ1v) is 7.89. The van der Waals surface area contributed by atoms with E-state index < -0.39 is 5.91 Å². The highest BCUT2D eigenvalue weighted by Gasteiger charge is 2.13. The second-order valence-electron chi connectivity index (χ2n) is 5.15. The first kappa shape index (κ1) is 18.2. The van der Waals surface area contributed by atoms with Crippen LogP contribution in [0.5, 0.6) is 0 Å². The van der Waals surface area contributed by atoms with E-state index in [4.69, 9.17) is 5.11 Å². The van der Waals surface area contributed by atoms with Crippen molar-refractivity contribution in [2.75, 3.05) is 13.2 Å². The molecule has 0 aliphatic carbocycles. The fourth-order valence-corrected chi connectivity index (χ4v) is 2.04. The van der Waals surface area contributed by atoms with E-state index in [1.165, 1.54) is 6.08 Å². The van der Waals surface area contributed by atoms with Crippen molar-refractivity contribution in [1.29, 1.82) is 0 Å². The highest BCUT2D eigenvalue weighted by atomic mass is 16.3. The fourth-order valence-electron chi connectivity index (χ4n) is 2.04. The molecule has 0 saturated heterocycles. The summed E-state index contributed by atoms with van der Waals surface area (Å²) in [6, 6.07) is 18.2. The highest BCUT2D eigenvalue weighted by Crippen LogP contribution is 2.04. The zero-order chi connectivity index (χ0) is 17.9. The molecule has 2 aromatic rings. The van der Waals surface area contributed by atoms with E-state index in [0.717, 1.165) is 5.56 Å². The number of allylic oxidation sites excluding steroid dienone is 2. The Morgan fingerprint density at radius 2 is 1.60 bits per heavy atom. The standard InChI is InChI=1S/C20H20N2O3/c23-15-14-21-20(25)18(13-7-10-16-8-3-1-4-9-16)22-19(24)17-11-5-2-6-12-17/h1-13,23H,14-15H2,(H,21,25)(H,22,24). The summed E-state index contributed by atoms with van der Waals surface area (Å²) in [5.41, 5.74) is 1.54. The van der Waals surface area contributed by atoms with E-state index in [1.807, 2.05) is 42.5 Å². The van der Waals surface area contributed by atoms with Crippen LogP contribution in [0.25, 0.3) is 6.08 Å². The Morgan fingerprint density at radius 1 is 0.960 bits per heavy atom. The molecule has 0 fully saturated rings. The second-order valence-corrected chi connectivity index (χ2v) is 5.15. The number of carbonyl (C=O) groups excluding carboxylic acids is 2. The molecule has 0 aliphatic heterocycles. The topological polar surface area (TPSA) is 78.4 Å². The van der Waals surface area contributed by atoms with Crippen molar-refractivity contribution in [3.05, 3.63) is 89.6 Å². The first-order chi connectivity index (χ1) is 12.2. The molecule has 5 nitrogen and oxygen atoms in total. The summed E-state index contributed by atoms with van der Waals surface area (Å²) >= 11 is 0. The smallest absolute Gasteiger partial charge is 0.267 e. The predicted octanol–water partition coefficient (Wildman–Crippen LogP) is 2.12. The maximum Gasteiger partial charge on any atom is 0.267 e. The SMILES string of the molecule is O=C(NCCO)C(=CC=Cc1ccccc1)NC(=O)c1ccccc1. The van der Waals surface area contributed by atoms with Crippen LogP contribution in [0.4, 0.5) is 0 Å². The van der Waals surface area contributed by atoms with Crippen LogP contribution in [-0.4, -0.2) is 30.1 Å². The van der Waals surface area contributed by atoms with E-state index >= 15 is 0 Å².